The zero-order valence-electron chi connectivity index (χ0n) is 15.2. The second kappa shape index (κ2) is 7.54. The molecule has 0 aliphatic carbocycles. The molecule has 3 rings (SSSR count). The Bertz CT molecular complexity index is 1020. The third-order valence-electron chi connectivity index (χ3n) is 4.33. The quantitative estimate of drug-likeness (QED) is 0.677. The predicted octanol–water partition coefficient (Wildman–Crippen LogP) is 3.92. The number of amides is 2. The van der Waals surface area contributed by atoms with Gasteiger partial charge in [0.2, 0.25) is 0 Å². The van der Waals surface area contributed by atoms with Crippen molar-refractivity contribution in [3.05, 3.63) is 68.3 Å². The van der Waals surface area contributed by atoms with Gasteiger partial charge in [-0.15, -0.1) is 11.3 Å². The molecule has 2 aromatic heterocycles. The molecule has 140 valence electrons. The van der Waals surface area contributed by atoms with Crippen molar-refractivity contribution in [2.75, 3.05) is 5.32 Å². The van der Waals surface area contributed by atoms with Crippen LogP contribution in [-0.4, -0.2) is 21.6 Å². The van der Waals surface area contributed by atoms with Crippen molar-refractivity contribution < 1.29 is 9.59 Å². The molecule has 6 nitrogen and oxygen atoms in total. The van der Waals surface area contributed by atoms with E-state index in [1.807, 2.05) is 37.3 Å². The predicted molar refractivity (Wildman–Crippen MR) is 108 cm³/mol. The summed E-state index contributed by atoms with van der Waals surface area (Å²) in [6.07, 6.45) is 0. The minimum Gasteiger partial charge on any atom is -0.365 e. The average Bonchev–Trinajstić information content (AvgIpc) is 3.04. The van der Waals surface area contributed by atoms with Crippen molar-refractivity contribution in [3.8, 4) is 0 Å². The zero-order chi connectivity index (χ0) is 19.7. The molecule has 2 heterocycles. The number of hydrogen-bond donors (Lipinski definition) is 2. The second-order valence-corrected chi connectivity index (χ2v) is 7.78. The molecule has 0 saturated heterocycles. The van der Waals surface area contributed by atoms with Crippen molar-refractivity contribution in [1.29, 1.82) is 0 Å². The van der Waals surface area contributed by atoms with E-state index in [4.69, 9.17) is 17.3 Å². The van der Waals surface area contributed by atoms with Gasteiger partial charge in [0.1, 0.15) is 10.2 Å². The van der Waals surface area contributed by atoms with Gasteiger partial charge in [-0.3, -0.25) is 9.59 Å². The molecule has 0 radical (unpaired) electrons. The van der Waals surface area contributed by atoms with E-state index in [1.54, 1.807) is 18.5 Å². The molecule has 0 bridgehead atoms. The first-order chi connectivity index (χ1) is 12.8. The van der Waals surface area contributed by atoms with Crippen LogP contribution in [-0.2, 0) is 6.54 Å². The number of carbonyl (C=O) groups is 2. The summed E-state index contributed by atoms with van der Waals surface area (Å²) in [6.45, 7) is 5.86. The first-order valence-corrected chi connectivity index (χ1v) is 9.47. The van der Waals surface area contributed by atoms with Crippen molar-refractivity contribution in [1.82, 2.24) is 9.78 Å². The number of nitrogens with two attached hydrogens (primary N) is 1. The molecule has 1 aromatic carbocycles. The Morgan fingerprint density at radius 2 is 1.85 bits per heavy atom. The number of benzene rings is 1. The van der Waals surface area contributed by atoms with Crippen LogP contribution < -0.4 is 11.1 Å². The lowest BCUT2D eigenvalue weighted by Crippen LogP contribution is -2.18. The number of halogens is 1. The van der Waals surface area contributed by atoms with Crippen LogP contribution in [0.1, 0.15) is 42.4 Å². The number of aromatic nitrogens is 2. The van der Waals surface area contributed by atoms with E-state index in [2.05, 4.69) is 10.4 Å². The number of nitrogens with zero attached hydrogens (tertiary/aromatic N) is 2. The number of nitrogens with one attached hydrogen (secondary N) is 1. The Hall–Kier alpha value is -2.64. The standard InChI is InChI=1S/C19H19ClN4O2S/c1-10-12(3)27-19(14(10)17(21)25)22-18(26)15-11(2)23-24(16(15)20)9-13-7-5-4-6-8-13/h4-8H,9H2,1-3H3,(H2,21,25)(H,22,26). The average molecular weight is 403 g/mol. The highest BCUT2D eigenvalue weighted by Crippen LogP contribution is 2.33. The second-order valence-electron chi connectivity index (χ2n) is 6.20. The smallest absolute Gasteiger partial charge is 0.261 e. The Balaban J connectivity index is 1.90. The largest absolute Gasteiger partial charge is 0.365 e. The summed E-state index contributed by atoms with van der Waals surface area (Å²) in [7, 11) is 0. The minimum absolute atomic E-state index is 0.250. The normalized spacial score (nSPS) is 10.8. The maximum Gasteiger partial charge on any atom is 0.261 e. The van der Waals surface area contributed by atoms with Crippen LogP contribution in [0.3, 0.4) is 0 Å². The molecule has 27 heavy (non-hydrogen) atoms. The molecule has 3 aromatic rings. The van der Waals surface area contributed by atoms with Gasteiger partial charge >= 0.3 is 0 Å². The third-order valence-corrected chi connectivity index (χ3v) is 5.83. The van der Waals surface area contributed by atoms with E-state index >= 15 is 0 Å². The van der Waals surface area contributed by atoms with Crippen LogP contribution >= 0.6 is 22.9 Å². The maximum absolute atomic E-state index is 12.8. The van der Waals surface area contributed by atoms with Gasteiger partial charge in [0.25, 0.3) is 11.8 Å². The fourth-order valence-corrected chi connectivity index (χ4v) is 4.23. The van der Waals surface area contributed by atoms with E-state index in [0.717, 1.165) is 16.0 Å². The number of rotatable bonds is 5. The molecule has 3 N–H and O–H groups in total. The van der Waals surface area contributed by atoms with E-state index in [0.29, 0.717) is 22.8 Å². The molecule has 2 amide bonds. The highest BCUT2D eigenvalue weighted by atomic mass is 35.5. The molecule has 0 unspecified atom stereocenters. The highest BCUT2D eigenvalue weighted by molar-refractivity contribution is 7.16. The molecule has 0 saturated carbocycles. The van der Waals surface area contributed by atoms with Gasteiger partial charge in [-0.25, -0.2) is 4.68 Å². The van der Waals surface area contributed by atoms with Gasteiger partial charge in [0.05, 0.1) is 23.4 Å². The Labute approximate surface area is 165 Å². The molecule has 0 aliphatic heterocycles. The highest BCUT2D eigenvalue weighted by Gasteiger charge is 2.24. The number of aryl methyl sites for hydroxylation is 2. The summed E-state index contributed by atoms with van der Waals surface area (Å²) in [5.41, 5.74) is 8.39. The molecular weight excluding hydrogens is 384 g/mol. The molecule has 0 aliphatic rings. The summed E-state index contributed by atoms with van der Waals surface area (Å²) in [6, 6.07) is 9.71. The number of hydrogen-bond acceptors (Lipinski definition) is 4. The lowest BCUT2D eigenvalue weighted by molar-refractivity contribution is 0.100. The Morgan fingerprint density at radius 1 is 1.19 bits per heavy atom. The SMILES string of the molecule is Cc1nn(Cc2ccccc2)c(Cl)c1C(=O)Nc1sc(C)c(C)c1C(N)=O. The lowest BCUT2D eigenvalue weighted by atomic mass is 10.1. The van der Waals surface area contributed by atoms with Crippen LogP contribution in [0.5, 0.6) is 0 Å². The summed E-state index contributed by atoms with van der Waals surface area (Å²) < 4.78 is 1.58. The fraction of sp³-hybridized carbons (Fsp3) is 0.211. The number of anilines is 1. The minimum atomic E-state index is -0.574. The first-order valence-electron chi connectivity index (χ1n) is 8.27. The van der Waals surface area contributed by atoms with Gasteiger partial charge in [-0.05, 0) is 31.9 Å². The molecular formula is C19H19ClN4O2S. The van der Waals surface area contributed by atoms with Crippen molar-refractivity contribution in [3.63, 3.8) is 0 Å². The van der Waals surface area contributed by atoms with Crippen LogP contribution in [0, 0.1) is 20.8 Å². The topological polar surface area (TPSA) is 90.0 Å². The number of primary amides is 1. The summed E-state index contributed by atoms with van der Waals surface area (Å²) in [5, 5.41) is 7.83. The summed E-state index contributed by atoms with van der Waals surface area (Å²) in [5.74, 6) is -0.990. The number of carbonyl (C=O) groups excluding carboxylic acids is 2. The van der Waals surface area contributed by atoms with E-state index in [1.165, 1.54) is 11.3 Å². The van der Waals surface area contributed by atoms with Crippen molar-refractivity contribution in [2.45, 2.75) is 27.3 Å². The lowest BCUT2D eigenvalue weighted by Gasteiger charge is -2.06. The zero-order valence-corrected chi connectivity index (χ0v) is 16.7. The van der Waals surface area contributed by atoms with E-state index in [9.17, 15) is 9.59 Å². The Kier molecular flexibility index (Phi) is 5.34. The summed E-state index contributed by atoms with van der Waals surface area (Å²) >= 11 is 7.74. The number of thiophene rings is 1. The molecule has 0 fully saturated rings. The van der Waals surface area contributed by atoms with Gasteiger partial charge in [-0.1, -0.05) is 41.9 Å². The van der Waals surface area contributed by atoms with Crippen LogP contribution in [0.2, 0.25) is 5.15 Å². The van der Waals surface area contributed by atoms with Crippen molar-refractivity contribution >= 4 is 39.8 Å². The van der Waals surface area contributed by atoms with Crippen LogP contribution in [0.15, 0.2) is 30.3 Å². The van der Waals surface area contributed by atoms with Crippen molar-refractivity contribution in [2.24, 2.45) is 5.73 Å². The Morgan fingerprint density at radius 3 is 2.48 bits per heavy atom. The van der Waals surface area contributed by atoms with Gasteiger partial charge < -0.3 is 11.1 Å². The molecule has 8 heteroatoms. The van der Waals surface area contributed by atoms with Crippen LogP contribution in [0.25, 0.3) is 0 Å². The van der Waals surface area contributed by atoms with E-state index < -0.39 is 11.8 Å². The fourth-order valence-electron chi connectivity index (χ4n) is 2.85. The first kappa shape index (κ1) is 19.1. The van der Waals surface area contributed by atoms with Gasteiger partial charge in [0.15, 0.2) is 0 Å². The van der Waals surface area contributed by atoms with E-state index in [-0.39, 0.29) is 10.7 Å². The third kappa shape index (κ3) is 3.74. The van der Waals surface area contributed by atoms with Crippen LogP contribution in [0.4, 0.5) is 5.00 Å². The molecule has 0 spiro atoms. The van der Waals surface area contributed by atoms with Gasteiger partial charge in [-0.2, -0.15) is 5.10 Å². The maximum atomic E-state index is 12.8. The molecule has 0 atom stereocenters. The monoisotopic (exact) mass is 402 g/mol. The van der Waals surface area contributed by atoms with Gasteiger partial charge in [0, 0.05) is 4.88 Å². The summed E-state index contributed by atoms with van der Waals surface area (Å²) in [4.78, 5) is 25.5.